The zero-order valence-electron chi connectivity index (χ0n) is 29.2. The second kappa shape index (κ2) is 18.0. The molecule has 0 unspecified atom stereocenters. The van der Waals surface area contributed by atoms with Crippen LogP contribution in [-0.2, 0) is 78.0 Å². The average molecular weight is 718 g/mol. The van der Waals surface area contributed by atoms with Crippen LogP contribution >= 0.6 is 0 Å². The normalized spacial score (nSPS) is 27.5. The molecule has 0 aromatic heterocycles. The first-order valence-corrected chi connectivity index (χ1v) is 16.3. The Bertz CT molecular complexity index is 1580. The van der Waals surface area contributed by atoms with Gasteiger partial charge in [-0.2, -0.15) is 0 Å². The maximum absolute atomic E-state index is 12.5. The zero-order valence-corrected chi connectivity index (χ0v) is 29.2. The van der Waals surface area contributed by atoms with E-state index >= 15 is 0 Å². The monoisotopic (exact) mass is 717 g/mol. The van der Waals surface area contributed by atoms with Gasteiger partial charge in [0.1, 0.15) is 37.6 Å². The summed E-state index contributed by atoms with van der Waals surface area (Å²) in [6, 6.07) is 12.4. The maximum Gasteiger partial charge on any atom is 0.303 e. The molecule has 2 aliphatic heterocycles. The summed E-state index contributed by atoms with van der Waals surface area (Å²) < 4.78 is 52.2. The van der Waals surface area contributed by atoms with E-state index in [-0.39, 0.29) is 19.6 Å². The largest absolute Gasteiger partial charge is 0.463 e. The summed E-state index contributed by atoms with van der Waals surface area (Å²) in [4.78, 5) is 72.8. The lowest BCUT2D eigenvalue weighted by atomic mass is 9.96. The Balaban J connectivity index is 1.72. The molecule has 0 bridgehead atoms. The molecule has 0 spiro atoms. The van der Waals surface area contributed by atoms with E-state index in [4.69, 9.17) is 42.6 Å². The standard InChI is InChI=1S/C35H43NO15/c1-18(37)36-27-14-28(46-21(4)40)29(16-43-19(2)38)49-34(27)51-32-31(47-22(5)41)30(17-44-20(3)39)50-35(33(32)48-23(6)42)45-15-24-11-12-25-9-7-8-10-26(25)13-24/h7-13,27-35H,14-17H2,1-6H3,(H,36,37)/t27-,28+,29-,30-,31-,32+,33-,34+,35-/m1/s1. The molecule has 0 radical (unpaired) electrons. The number of nitrogens with one attached hydrogen (secondary N) is 1. The highest BCUT2D eigenvalue weighted by Gasteiger charge is 2.54. The molecule has 9 atom stereocenters. The number of carbonyl (C=O) groups excluding carboxylic acids is 6. The summed E-state index contributed by atoms with van der Waals surface area (Å²) in [6.45, 7) is 6.32. The van der Waals surface area contributed by atoms with Gasteiger partial charge in [-0.1, -0.05) is 36.4 Å². The second-order valence-corrected chi connectivity index (χ2v) is 12.1. The van der Waals surface area contributed by atoms with Crippen molar-refractivity contribution in [3.8, 4) is 0 Å². The number of rotatable bonds is 13. The van der Waals surface area contributed by atoms with Gasteiger partial charge in [0, 0.05) is 48.0 Å². The molecule has 2 fully saturated rings. The highest BCUT2D eigenvalue weighted by Crippen LogP contribution is 2.34. The van der Waals surface area contributed by atoms with Gasteiger partial charge >= 0.3 is 29.8 Å². The van der Waals surface area contributed by atoms with Crippen molar-refractivity contribution in [1.29, 1.82) is 0 Å². The van der Waals surface area contributed by atoms with Gasteiger partial charge in [0.25, 0.3) is 0 Å². The van der Waals surface area contributed by atoms with Gasteiger partial charge in [-0.25, -0.2) is 0 Å². The Morgan fingerprint density at radius 1 is 0.667 bits per heavy atom. The Hall–Kier alpha value is -4.64. The fourth-order valence-corrected chi connectivity index (χ4v) is 5.88. The smallest absolute Gasteiger partial charge is 0.303 e. The van der Waals surface area contributed by atoms with Crippen molar-refractivity contribution in [2.75, 3.05) is 13.2 Å². The summed E-state index contributed by atoms with van der Waals surface area (Å²) >= 11 is 0. The lowest BCUT2D eigenvalue weighted by molar-refractivity contribution is -0.345. The molecule has 2 saturated heterocycles. The number of hydrogen-bond donors (Lipinski definition) is 1. The van der Waals surface area contributed by atoms with Crippen LogP contribution < -0.4 is 5.32 Å². The number of amides is 1. The molecular formula is C35H43NO15. The number of fused-ring (bicyclic) bond motifs is 1. The molecule has 51 heavy (non-hydrogen) atoms. The van der Waals surface area contributed by atoms with E-state index in [1.807, 2.05) is 42.5 Å². The Labute approximate surface area is 294 Å². The van der Waals surface area contributed by atoms with E-state index in [1.54, 1.807) is 0 Å². The van der Waals surface area contributed by atoms with E-state index in [1.165, 1.54) is 27.7 Å². The number of carbonyl (C=O) groups is 6. The highest BCUT2D eigenvalue weighted by atomic mass is 16.8. The summed E-state index contributed by atoms with van der Waals surface area (Å²) in [5.41, 5.74) is 0.751. The SMILES string of the molecule is CC(=O)N[C@@H]1C[C@H](OC(C)=O)[C@@H](COC(C)=O)O[C@H]1O[C@@H]1[C@@H](OC(C)=O)[C@H](OCc2ccc3ccccc3c2)O[C@H](COC(C)=O)[C@H]1OC(C)=O. The van der Waals surface area contributed by atoms with E-state index in [9.17, 15) is 28.8 Å². The van der Waals surface area contributed by atoms with E-state index in [0.717, 1.165) is 30.2 Å². The molecule has 1 amide bonds. The lowest BCUT2D eigenvalue weighted by Gasteiger charge is -2.47. The van der Waals surface area contributed by atoms with Crippen molar-refractivity contribution in [2.24, 2.45) is 0 Å². The van der Waals surface area contributed by atoms with E-state index in [0.29, 0.717) is 0 Å². The topological polar surface area (TPSA) is 198 Å². The van der Waals surface area contributed by atoms with Crippen molar-refractivity contribution >= 4 is 46.5 Å². The van der Waals surface area contributed by atoms with Gasteiger partial charge in [-0.15, -0.1) is 0 Å². The van der Waals surface area contributed by atoms with Crippen LogP contribution in [0.15, 0.2) is 42.5 Å². The number of benzene rings is 2. The molecule has 4 rings (SSSR count). The Kier molecular flexibility index (Phi) is 13.8. The zero-order chi connectivity index (χ0) is 37.2. The first-order valence-electron chi connectivity index (χ1n) is 16.3. The molecule has 278 valence electrons. The van der Waals surface area contributed by atoms with Gasteiger partial charge in [0.15, 0.2) is 24.8 Å². The predicted molar refractivity (Wildman–Crippen MR) is 173 cm³/mol. The molecule has 16 nitrogen and oxygen atoms in total. The lowest BCUT2D eigenvalue weighted by Crippen LogP contribution is -2.65. The van der Waals surface area contributed by atoms with Gasteiger partial charge in [-0.3, -0.25) is 28.8 Å². The molecule has 16 heteroatoms. The number of hydrogen-bond acceptors (Lipinski definition) is 15. The molecule has 1 N–H and O–H groups in total. The summed E-state index contributed by atoms with van der Waals surface area (Å²) in [6.07, 6.45) is -10.3. The average Bonchev–Trinajstić information content (AvgIpc) is 3.04. The fraction of sp³-hybridized carbons (Fsp3) is 0.543. The van der Waals surface area contributed by atoms with Crippen LogP contribution in [0.1, 0.15) is 53.5 Å². The van der Waals surface area contributed by atoms with Crippen LogP contribution in [0.5, 0.6) is 0 Å². The number of esters is 5. The first kappa shape index (κ1) is 39.2. The van der Waals surface area contributed by atoms with E-state index < -0.39 is 97.6 Å². The van der Waals surface area contributed by atoms with Crippen molar-refractivity contribution in [3.63, 3.8) is 0 Å². The van der Waals surface area contributed by atoms with Crippen LogP contribution in [0.25, 0.3) is 10.8 Å². The molecule has 0 saturated carbocycles. The molecule has 0 aliphatic carbocycles. The van der Waals surface area contributed by atoms with Crippen molar-refractivity contribution in [2.45, 2.75) is 110 Å². The minimum atomic E-state index is -1.42. The fourth-order valence-electron chi connectivity index (χ4n) is 5.88. The predicted octanol–water partition coefficient (Wildman–Crippen LogP) is 2.01. The third-order valence-electron chi connectivity index (χ3n) is 7.86. The number of ether oxygens (including phenoxy) is 9. The van der Waals surface area contributed by atoms with Crippen molar-refractivity contribution in [1.82, 2.24) is 5.32 Å². The molecule has 2 aromatic carbocycles. The second-order valence-electron chi connectivity index (χ2n) is 12.1. The van der Waals surface area contributed by atoms with Crippen molar-refractivity contribution in [3.05, 3.63) is 48.0 Å². The van der Waals surface area contributed by atoms with Crippen LogP contribution in [0.2, 0.25) is 0 Å². The Morgan fingerprint density at radius 2 is 1.25 bits per heavy atom. The summed E-state index contributed by atoms with van der Waals surface area (Å²) in [7, 11) is 0. The van der Waals surface area contributed by atoms with Crippen LogP contribution in [-0.4, -0.2) is 104 Å². The maximum atomic E-state index is 12.5. The molecule has 2 aromatic rings. The minimum absolute atomic E-state index is 0.0263. The van der Waals surface area contributed by atoms with Crippen LogP contribution in [0.3, 0.4) is 0 Å². The van der Waals surface area contributed by atoms with Crippen LogP contribution in [0, 0.1) is 0 Å². The quantitative estimate of drug-likeness (QED) is 0.233. The molecule has 2 aliphatic rings. The van der Waals surface area contributed by atoms with Crippen molar-refractivity contribution < 1.29 is 71.4 Å². The Morgan fingerprint density at radius 3 is 1.86 bits per heavy atom. The van der Waals surface area contributed by atoms with Gasteiger partial charge in [0.05, 0.1) is 12.6 Å². The first-order chi connectivity index (χ1) is 24.2. The van der Waals surface area contributed by atoms with Gasteiger partial charge in [-0.05, 0) is 22.4 Å². The van der Waals surface area contributed by atoms with E-state index in [2.05, 4.69) is 5.32 Å². The molecule has 2 heterocycles. The summed E-state index contributed by atoms with van der Waals surface area (Å²) in [5.74, 6) is -3.95. The third-order valence-corrected chi connectivity index (χ3v) is 7.86. The third kappa shape index (κ3) is 11.4. The van der Waals surface area contributed by atoms with Gasteiger partial charge < -0.3 is 47.9 Å². The molecular weight excluding hydrogens is 674 g/mol. The summed E-state index contributed by atoms with van der Waals surface area (Å²) in [5, 5.41) is 4.68. The van der Waals surface area contributed by atoms with Crippen LogP contribution in [0.4, 0.5) is 0 Å². The minimum Gasteiger partial charge on any atom is -0.463 e. The highest BCUT2D eigenvalue weighted by molar-refractivity contribution is 5.83. The van der Waals surface area contributed by atoms with Gasteiger partial charge in [0.2, 0.25) is 5.91 Å².